The molecule has 0 aliphatic heterocycles. The molecule has 5 nitrogen and oxygen atoms in total. The maximum atomic E-state index is 12.6. The molecule has 0 saturated carbocycles. The van der Waals surface area contributed by atoms with Crippen molar-refractivity contribution in [1.82, 2.24) is 5.32 Å². The summed E-state index contributed by atoms with van der Waals surface area (Å²) in [4.78, 5) is 12.6. The molecule has 1 amide bonds. The number of aryl methyl sites for hydroxylation is 2. The summed E-state index contributed by atoms with van der Waals surface area (Å²) in [6, 6.07) is 4.76. The summed E-state index contributed by atoms with van der Waals surface area (Å²) in [7, 11) is -3.58. The third kappa shape index (κ3) is 5.33. The molecule has 1 aliphatic carbocycles. The highest BCUT2D eigenvalue weighted by Gasteiger charge is 2.29. The smallest absolute Gasteiger partial charge is 0.243 e. The molecule has 1 aliphatic rings. The largest absolute Gasteiger partial charge is 0.351 e. The summed E-state index contributed by atoms with van der Waals surface area (Å²) in [6.45, 7) is 5.95. The van der Waals surface area contributed by atoms with Gasteiger partial charge in [-0.05, 0) is 69.7 Å². The van der Waals surface area contributed by atoms with Crippen LogP contribution in [0, 0.1) is 13.8 Å². The lowest BCUT2D eigenvalue weighted by Gasteiger charge is -2.29. The van der Waals surface area contributed by atoms with Gasteiger partial charge in [-0.25, -0.2) is 8.42 Å². The number of nitrogens with zero attached hydrogens (tertiary/aromatic N) is 1. The first-order chi connectivity index (χ1) is 11.7. The number of hydrogen-bond donors (Lipinski definition) is 1. The van der Waals surface area contributed by atoms with E-state index in [0.717, 1.165) is 36.6 Å². The second-order valence-corrected chi connectivity index (χ2v) is 8.77. The van der Waals surface area contributed by atoms with Crippen molar-refractivity contribution in [1.29, 1.82) is 0 Å². The molecule has 0 aromatic heterocycles. The van der Waals surface area contributed by atoms with Crippen molar-refractivity contribution >= 4 is 21.6 Å². The first-order valence-electron chi connectivity index (χ1n) is 8.72. The summed E-state index contributed by atoms with van der Waals surface area (Å²) in [5, 5.41) is 2.89. The van der Waals surface area contributed by atoms with Crippen LogP contribution in [0.25, 0.3) is 0 Å². The molecule has 1 N–H and O–H groups in total. The van der Waals surface area contributed by atoms with Crippen LogP contribution in [0.1, 0.15) is 43.7 Å². The molecule has 1 aromatic rings. The normalized spacial score (nSPS) is 16.1. The Balaban J connectivity index is 2.19. The quantitative estimate of drug-likeness (QED) is 0.789. The predicted molar refractivity (Wildman–Crippen MR) is 102 cm³/mol. The van der Waals surface area contributed by atoms with Crippen LogP contribution < -0.4 is 9.62 Å². The average molecular weight is 365 g/mol. The van der Waals surface area contributed by atoms with E-state index in [1.54, 1.807) is 19.1 Å². The fraction of sp³-hybridized carbons (Fsp3) is 0.526. The van der Waals surface area contributed by atoms with Gasteiger partial charge in [-0.15, -0.1) is 0 Å². The van der Waals surface area contributed by atoms with E-state index in [4.69, 9.17) is 0 Å². The number of sulfonamides is 1. The van der Waals surface area contributed by atoms with E-state index in [1.165, 1.54) is 16.3 Å². The Morgan fingerprint density at radius 3 is 2.36 bits per heavy atom. The lowest BCUT2D eigenvalue weighted by Crippen LogP contribution is -2.48. The van der Waals surface area contributed by atoms with Crippen LogP contribution in [0.3, 0.4) is 0 Å². The first-order valence-corrected chi connectivity index (χ1v) is 10.6. The Morgan fingerprint density at radius 1 is 1.20 bits per heavy atom. The highest BCUT2D eigenvalue weighted by molar-refractivity contribution is 7.92. The van der Waals surface area contributed by atoms with Crippen molar-refractivity contribution in [2.75, 3.05) is 17.1 Å². The minimum absolute atomic E-state index is 0.281. The third-order valence-electron chi connectivity index (χ3n) is 4.42. The van der Waals surface area contributed by atoms with Gasteiger partial charge in [0.25, 0.3) is 0 Å². The summed E-state index contributed by atoms with van der Waals surface area (Å²) < 4.78 is 25.9. The predicted octanol–water partition coefficient (Wildman–Crippen LogP) is 3.07. The van der Waals surface area contributed by atoms with E-state index in [-0.39, 0.29) is 5.91 Å². The number of carbonyl (C=O) groups is 1. The molecule has 25 heavy (non-hydrogen) atoms. The Kier molecular flexibility index (Phi) is 6.27. The zero-order valence-corrected chi connectivity index (χ0v) is 16.3. The molecule has 0 saturated heterocycles. The number of nitrogens with one attached hydrogen (secondary N) is 1. The molecule has 138 valence electrons. The van der Waals surface area contributed by atoms with Gasteiger partial charge in [-0.2, -0.15) is 0 Å². The van der Waals surface area contributed by atoms with Crippen molar-refractivity contribution in [2.24, 2.45) is 0 Å². The van der Waals surface area contributed by atoms with Gasteiger partial charge in [0.15, 0.2) is 0 Å². The number of hydrogen-bond acceptors (Lipinski definition) is 3. The Hall–Kier alpha value is -1.82. The highest BCUT2D eigenvalue weighted by Crippen LogP contribution is 2.24. The Morgan fingerprint density at radius 2 is 1.84 bits per heavy atom. The maximum Gasteiger partial charge on any atom is 0.243 e. The van der Waals surface area contributed by atoms with E-state index in [0.29, 0.717) is 12.2 Å². The molecule has 0 heterocycles. The second kappa shape index (κ2) is 8.04. The number of amides is 1. The van der Waals surface area contributed by atoms with Gasteiger partial charge >= 0.3 is 0 Å². The third-order valence-corrected chi connectivity index (χ3v) is 5.67. The van der Waals surface area contributed by atoms with Crippen molar-refractivity contribution in [3.63, 3.8) is 0 Å². The highest BCUT2D eigenvalue weighted by atomic mass is 32.2. The fourth-order valence-corrected chi connectivity index (χ4v) is 4.46. The van der Waals surface area contributed by atoms with Gasteiger partial charge in [0.1, 0.15) is 6.04 Å². The van der Waals surface area contributed by atoms with Crippen LogP contribution in [-0.4, -0.2) is 33.2 Å². The molecule has 6 heteroatoms. The maximum absolute atomic E-state index is 12.6. The van der Waals surface area contributed by atoms with E-state index < -0.39 is 16.1 Å². The molecule has 0 bridgehead atoms. The number of carbonyl (C=O) groups excluding carboxylic acids is 1. The summed E-state index contributed by atoms with van der Waals surface area (Å²) in [6.07, 6.45) is 7.71. The number of benzene rings is 1. The molecule has 0 spiro atoms. The molecule has 0 radical (unpaired) electrons. The minimum atomic E-state index is -3.58. The number of allylic oxidation sites excluding steroid dienone is 1. The average Bonchev–Trinajstić information content (AvgIpc) is 2.51. The summed E-state index contributed by atoms with van der Waals surface area (Å²) in [5.74, 6) is -0.281. The van der Waals surface area contributed by atoms with E-state index in [2.05, 4.69) is 11.4 Å². The zero-order valence-electron chi connectivity index (χ0n) is 15.5. The van der Waals surface area contributed by atoms with Crippen LogP contribution in [0.5, 0.6) is 0 Å². The fourth-order valence-electron chi connectivity index (χ4n) is 3.30. The van der Waals surface area contributed by atoms with Crippen molar-refractivity contribution in [3.05, 3.63) is 41.0 Å². The Bertz CT molecular complexity index is 749. The molecule has 1 aromatic carbocycles. The van der Waals surface area contributed by atoms with Gasteiger partial charge in [-0.1, -0.05) is 17.7 Å². The lowest BCUT2D eigenvalue weighted by atomic mass is 10.00. The summed E-state index contributed by atoms with van der Waals surface area (Å²) >= 11 is 0. The standard InChI is InChI=1S/C19H28N2O3S/c1-14-10-15(2)12-18(11-14)21(25(4,23)24)16(3)19(22)20-13-17-8-6-5-7-9-17/h8,10-12,16H,5-7,9,13H2,1-4H3,(H,20,22)/t16-/m1/s1. The number of anilines is 1. The lowest BCUT2D eigenvalue weighted by molar-refractivity contribution is -0.121. The molecular formula is C19H28N2O3S. The van der Waals surface area contributed by atoms with Crippen LogP contribution in [-0.2, 0) is 14.8 Å². The molecule has 1 atom stereocenters. The van der Waals surface area contributed by atoms with Gasteiger partial charge in [-0.3, -0.25) is 9.10 Å². The topological polar surface area (TPSA) is 66.5 Å². The van der Waals surface area contributed by atoms with Crippen LogP contribution in [0.4, 0.5) is 5.69 Å². The van der Waals surface area contributed by atoms with Crippen LogP contribution in [0.15, 0.2) is 29.8 Å². The van der Waals surface area contributed by atoms with Gasteiger partial charge in [0.05, 0.1) is 11.9 Å². The monoisotopic (exact) mass is 364 g/mol. The molecule has 0 fully saturated rings. The first kappa shape index (κ1) is 19.5. The van der Waals surface area contributed by atoms with Crippen LogP contribution >= 0.6 is 0 Å². The molecule has 0 unspecified atom stereocenters. The van der Waals surface area contributed by atoms with Gasteiger partial charge in [0, 0.05) is 6.54 Å². The second-order valence-electron chi connectivity index (χ2n) is 6.91. The molecule has 2 rings (SSSR count). The zero-order chi connectivity index (χ0) is 18.6. The van der Waals surface area contributed by atoms with E-state index in [1.807, 2.05) is 19.9 Å². The summed E-state index contributed by atoms with van der Waals surface area (Å²) in [5.41, 5.74) is 3.68. The molecular weight excluding hydrogens is 336 g/mol. The minimum Gasteiger partial charge on any atom is -0.351 e. The van der Waals surface area contributed by atoms with Gasteiger partial charge < -0.3 is 5.32 Å². The van der Waals surface area contributed by atoms with Crippen LogP contribution in [0.2, 0.25) is 0 Å². The Labute approximate surface area is 151 Å². The van der Waals surface area contributed by atoms with E-state index in [9.17, 15) is 13.2 Å². The van der Waals surface area contributed by atoms with Crippen molar-refractivity contribution in [3.8, 4) is 0 Å². The number of rotatable bonds is 6. The van der Waals surface area contributed by atoms with Gasteiger partial charge in [0.2, 0.25) is 15.9 Å². The van der Waals surface area contributed by atoms with Crippen molar-refractivity contribution < 1.29 is 13.2 Å². The van der Waals surface area contributed by atoms with Crippen molar-refractivity contribution in [2.45, 2.75) is 52.5 Å². The van der Waals surface area contributed by atoms with E-state index >= 15 is 0 Å². The SMILES string of the molecule is Cc1cc(C)cc(N([C@H](C)C(=O)NCC2=CCCCC2)S(C)(=O)=O)c1.